The number of aryl methyl sites for hydroxylation is 2. The molecule has 4 unspecified atom stereocenters. The number of carbonyl (C=O) groups excluding carboxylic acids is 6. The molecule has 14 N–H and O–H groups in total. The highest BCUT2D eigenvalue weighted by molar-refractivity contribution is 8.76. The van der Waals surface area contributed by atoms with Gasteiger partial charge in [-0.2, -0.15) is 4.98 Å². The third-order valence-electron chi connectivity index (χ3n) is 26.3. The number of benzene rings is 3. The highest BCUT2D eigenvalue weighted by atomic mass is 33.1. The van der Waals surface area contributed by atoms with Crippen LogP contribution in [0.2, 0.25) is 0 Å². The number of ether oxygens (including phenoxy) is 4. The van der Waals surface area contributed by atoms with Crippen molar-refractivity contribution in [3.63, 3.8) is 0 Å². The molecule has 3 aromatic heterocycles. The zero-order valence-corrected chi connectivity index (χ0v) is 70.4. The summed E-state index contributed by atoms with van der Waals surface area (Å²) < 4.78 is 23.1. The molecule has 3 saturated heterocycles. The van der Waals surface area contributed by atoms with Crippen molar-refractivity contribution in [2.45, 2.75) is 233 Å². The molecule has 646 valence electrons. The van der Waals surface area contributed by atoms with Gasteiger partial charge in [-0.1, -0.05) is 116 Å². The Kier molecular flexibility index (Phi) is 28.8. The number of amides is 3. The van der Waals surface area contributed by atoms with Crippen LogP contribution >= 0.6 is 21.6 Å². The van der Waals surface area contributed by atoms with Gasteiger partial charge >= 0.3 is 6.09 Å². The lowest BCUT2D eigenvalue weighted by molar-refractivity contribution is -0.301. The van der Waals surface area contributed by atoms with E-state index in [9.17, 15) is 64.5 Å². The number of hydrogen-bond donors (Lipinski definition) is 13. The number of nitrogens with two attached hydrogens (primary N) is 1. The number of unbranched alkanes of at least 4 members (excludes halogenated alkanes) is 6. The number of methoxy groups -OCH3 is 1. The third kappa shape index (κ3) is 18.7. The molecule has 3 amide bonds. The Morgan fingerprint density at radius 1 is 0.798 bits per heavy atom. The van der Waals surface area contributed by atoms with E-state index in [-0.39, 0.29) is 92.0 Å². The second-order valence-electron chi connectivity index (χ2n) is 33.9. The lowest BCUT2D eigenvalue weighted by atomic mass is 9.47. The first-order chi connectivity index (χ1) is 57.2. The fraction of sp³-hybridized carbons (Fsp3) is 0.609. The zero-order chi connectivity index (χ0) is 84.6. The van der Waals surface area contributed by atoms with E-state index in [4.69, 9.17) is 24.7 Å². The molecule has 6 aromatic rings. The molecule has 1 aliphatic carbocycles. The van der Waals surface area contributed by atoms with Crippen LogP contribution in [0, 0.1) is 11.3 Å². The van der Waals surface area contributed by atoms with Gasteiger partial charge in [0.2, 0.25) is 17.8 Å². The largest absolute Gasteiger partial charge is 0.496 e. The summed E-state index contributed by atoms with van der Waals surface area (Å²) in [6, 6.07) is 17.7. The van der Waals surface area contributed by atoms with E-state index in [1.54, 1.807) is 25.4 Å². The maximum absolute atomic E-state index is 15.4. The van der Waals surface area contributed by atoms with Gasteiger partial charge in [0.05, 0.1) is 43.8 Å². The number of aliphatic hydroxyl groups is 7. The van der Waals surface area contributed by atoms with E-state index >= 15 is 4.79 Å². The average molecular weight is 1680 g/mol. The first-order valence-electron chi connectivity index (χ1n) is 42.4. The molecule has 30 nitrogen and oxygen atoms in total. The van der Waals surface area contributed by atoms with Gasteiger partial charge in [0.15, 0.2) is 40.4 Å². The lowest BCUT2D eigenvalue weighted by Gasteiger charge is -2.63. The van der Waals surface area contributed by atoms with Crippen LogP contribution in [0.3, 0.4) is 0 Å². The predicted molar refractivity (Wildman–Crippen MR) is 452 cm³/mol. The fourth-order valence-electron chi connectivity index (χ4n) is 20.3. The van der Waals surface area contributed by atoms with Crippen molar-refractivity contribution in [1.82, 2.24) is 50.7 Å². The summed E-state index contributed by atoms with van der Waals surface area (Å²) in [5.74, 6) is -0.199. The Labute approximate surface area is 701 Å². The van der Waals surface area contributed by atoms with Gasteiger partial charge in [-0.25, -0.2) is 14.8 Å². The van der Waals surface area contributed by atoms with Crippen LogP contribution in [0.4, 0.5) is 16.4 Å². The van der Waals surface area contributed by atoms with Gasteiger partial charge < -0.3 is 86.3 Å². The number of nitrogens with one attached hydrogen (secondary N) is 5. The molecular formula is C87H118N12O18S2. The minimum Gasteiger partial charge on any atom is -0.496 e. The Morgan fingerprint density at radius 2 is 1.55 bits per heavy atom. The van der Waals surface area contributed by atoms with Crippen LogP contribution in [-0.4, -0.2) is 263 Å². The molecule has 7 aliphatic rings. The minimum absolute atomic E-state index is 0.0370. The third-order valence-corrected chi connectivity index (χ3v) is 28.7. The molecular weight excluding hydrogens is 1570 g/mol. The lowest BCUT2D eigenvalue weighted by Crippen LogP contribution is -2.81. The summed E-state index contributed by atoms with van der Waals surface area (Å²) in [5.41, 5.74) is 7.68. The fourth-order valence-corrected chi connectivity index (χ4v) is 22.2. The number of likely N-dealkylation sites (N-methyl/N-ethyl adjacent to an activating group) is 1. The summed E-state index contributed by atoms with van der Waals surface area (Å²) in [7, 11) is 6.45. The summed E-state index contributed by atoms with van der Waals surface area (Å²) in [6.45, 7) is 8.80. The maximum atomic E-state index is 15.4. The topological polar surface area (TPSA) is 440 Å². The number of aromatic nitrogens is 5. The number of rotatable bonds is 39. The summed E-state index contributed by atoms with van der Waals surface area (Å²) >= 11 is 0. The first kappa shape index (κ1) is 88.8. The number of carbonyl (C=O) groups is 6. The zero-order valence-electron chi connectivity index (χ0n) is 68.8. The molecule has 13 rings (SSSR count). The number of nitrogens with zero attached hydrogens (tertiary/aromatic N) is 6. The number of aromatic amines is 2. The Bertz CT molecular complexity index is 4710. The predicted octanol–water partition coefficient (Wildman–Crippen LogP) is 6.11. The SMILES string of the molecule is CC[C@]1(O)C[C@H]2CN(CCc3c([nH]c4ccccc34)[C@@](C)(c3cc4c(cc3OC)N(C)[C@H]3[C@@](O)(C(=O)CNC(=O)OCCSSCCCC(=O)[C@H](CNC(=O)CCCCCCCCOC5OC(CO)C(O)[C@H](O)[C@H]5O)NC(=O)CCCCC(=O)c5ccc(CCc6cnc7nc(N)[nH]c(=O)c7n6)cc5)[C@H](O)[C@]5(CC)C=CCN6CC[C@]43[C@@H]65)C2)C1. The van der Waals surface area contributed by atoms with Crippen LogP contribution in [0.5, 0.6) is 5.75 Å². The van der Waals surface area contributed by atoms with Crippen molar-refractivity contribution in [1.29, 1.82) is 0 Å². The number of aliphatic hydroxyl groups excluding tert-OH is 5. The van der Waals surface area contributed by atoms with Crippen molar-refractivity contribution in [3.05, 3.63) is 129 Å². The molecule has 4 fully saturated rings. The van der Waals surface area contributed by atoms with Gasteiger partial charge in [-0.05, 0) is 132 Å². The molecule has 9 heterocycles. The highest BCUT2D eigenvalue weighted by Crippen LogP contribution is 2.68. The number of alkyl carbamates (subject to hydrolysis) is 1. The number of H-pyrrole nitrogens is 2. The van der Waals surface area contributed by atoms with E-state index < -0.39 is 113 Å². The number of anilines is 2. The van der Waals surface area contributed by atoms with E-state index in [1.165, 1.54) is 27.2 Å². The molecule has 1 saturated carbocycles. The summed E-state index contributed by atoms with van der Waals surface area (Å²) in [5, 5.41) is 88.2. The quantitative estimate of drug-likeness (QED) is 0.00896. The van der Waals surface area contributed by atoms with Crippen LogP contribution in [0.15, 0.2) is 83.8 Å². The number of nitrogen functional groups attached to an aromatic ring is 1. The first-order valence-corrected chi connectivity index (χ1v) is 44.9. The Morgan fingerprint density at radius 3 is 2.32 bits per heavy atom. The molecule has 32 heteroatoms. The standard InChI is InChI=1S/C87H118N12O18S2/c1-6-84(112)45-53-44-83(3,74-57(32-36-98(49-53)51-84)56-20-13-14-21-60(56)94-74)59-42-58-62(43-65(59)114-5)97(4)79-86(58)34-37-99-35-19-33-85(7-2,78(86)99)80(110)87(79,113)67(103)48-91-82(111)116-39-41-119-118-40-18-23-64(102)61(47-89-68(104)24-12-10-8-9-11-17-38-115-77-73(108)72(107)71(106)66(50-100)117-77)93-69(105)25-16-15-22-63(101)54-29-26-52(27-30-54)28-31-55-46-90-75-70(92-55)76(109)96-81(88)95-75/h13-14,19-21,26-27,29-30,33,42-43,46,53,61,66,71-73,77-80,94,100,106-108,110,112-113H,6-12,15-18,22-25,28,31-32,34-41,44-45,47-51H2,1-5H3,(H,89,104)(H,91,111)(H,93,105)(H3,88,90,95,96,109)/t53-,61-,66?,71?,72-,73+,77?,78-,79+,80+,83+,84-,85+,86+,87-/m0/s1. The number of hydrogen-bond acceptors (Lipinski definition) is 27. The maximum Gasteiger partial charge on any atom is 0.407 e. The molecule has 3 aromatic carbocycles. The Balaban J connectivity index is 0.590. The van der Waals surface area contributed by atoms with E-state index in [1.807, 2.05) is 43.2 Å². The normalized spacial score (nSPS) is 28.4. The van der Waals surface area contributed by atoms with E-state index in [2.05, 4.69) is 101 Å². The van der Waals surface area contributed by atoms with Gasteiger partial charge in [0.25, 0.3) is 5.56 Å². The second kappa shape index (κ2) is 38.6. The van der Waals surface area contributed by atoms with E-state index in [0.29, 0.717) is 125 Å². The molecule has 6 aliphatic heterocycles. The van der Waals surface area contributed by atoms with Crippen LogP contribution in [0.1, 0.15) is 180 Å². The summed E-state index contributed by atoms with van der Waals surface area (Å²) in [6.07, 6.45) is 7.35. The number of fused-ring (bicyclic) bond motifs is 7. The second-order valence-corrected chi connectivity index (χ2v) is 36.6. The smallest absolute Gasteiger partial charge is 0.407 e. The molecule has 2 bridgehead atoms. The monoisotopic (exact) mass is 1680 g/mol. The number of para-hydroxylation sites is 1. The molecule has 119 heavy (non-hydrogen) atoms. The van der Waals surface area contributed by atoms with Gasteiger partial charge in [0, 0.05) is 145 Å². The Hall–Kier alpha value is -7.96. The van der Waals surface area contributed by atoms with Crippen molar-refractivity contribution in [2.24, 2.45) is 11.3 Å². The number of ketones is 3. The van der Waals surface area contributed by atoms with Crippen LogP contribution in [-0.2, 0) is 63.5 Å². The van der Waals surface area contributed by atoms with Crippen molar-refractivity contribution in [2.75, 3.05) is 102 Å². The molecule has 1 spiro atoms. The van der Waals surface area contributed by atoms with Crippen molar-refractivity contribution < 1.29 is 83.5 Å². The molecule has 16 atom stereocenters. The van der Waals surface area contributed by atoms with E-state index in [0.717, 1.165) is 84.2 Å². The van der Waals surface area contributed by atoms with Crippen LogP contribution < -0.4 is 36.9 Å². The van der Waals surface area contributed by atoms with Crippen LogP contribution in [0.25, 0.3) is 22.1 Å². The van der Waals surface area contributed by atoms with Gasteiger partial charge in [0.1, 0.15) is 48.9 Å². The highest BCUT2D eigenvalue weighted by Gasteiger charge is 2.78. The average Bonchev–Trinajstić information content (AvgIpc) is 1.49. The van der Waals surface area contributed by atoms with Gasteiger partial charge in [-0.15, -0.1) is 0 Å². The minimum atomic E-state index is -2.41. The van der Waals surface area contributed by atoms with Crippen molar-refractivity contribution in [3.8, 4) is 5.75 Å². The summed E-state index contributed by atoms with van der Waals surface area (Å²) in [4.78, 5) is 121. The van der Waals surface area contributed by atoms with Gasteiger partial charge in [-0.3, -0.25) is 43.6 Å². The van der Waals surface area contributed by atoms with Crippen molar-refractivity contribution >= 4 is 90.5 Å². The molecule has 0 radical (unpaired) electrons. The number of piperidine rings is 1. The number of Topliss-reactive ketones (excluding diaryl/α,β-unsaturated/α-hetero) is 3.